The number of pyridine rings is 2. The van der Waals surface area contributed by atoms with E-state index in [1.807, 2.05) is 0 Å². The fraction of sp³-hybridized carbons (Fsp3) is 0.0526. The molecule has 0 atom stereocenters. The molecule has 0 spiro atoms. The largest absolute Gasteiger partial charge is 0.332 e. The minimum Gasteiger partial charge on any atom is -0.332 e. The van der Waals surface area contributed by atoms with Gasteiger partial charge in [-0.1, -0.05) is 5.16 Å². The fourth-order valence-corrected chi connectivity index (χ4v) is 2.58. The summed E-state index contributed by atoms with van der Waals surface area (Å²) >= 11 is 0. The second-order valence-electron chi connectivity index (χ2n) is 5.78. The maximum absolute atomic E-state index is 14.5. The Morgan fingerprint density at radius 2 is 1.63 bits per heavy atom. The average molecular weight is 368 g/mol. The van der Waals surface area contributed by atoms with Crippen molar-refractivity contribution in [2.45, 2.75) is 6.92 Å². The molecule has 0 aliphatic heterocycles. The van der Waals surface area contributed by atoms with Gasteiger partial charge in [0.1, 0.15) is 17.3 Å². The zero-order valence-electron chi connectivity index (χ0n) is 13.9. The molecule has 4 rings (SSSR count). The standard InChI is InChI=1S/C19H11F3N4O/c1-10-17(22)15(12-6-14(21)9-23-8-12)7-16(24-10)19-25-18(26-27-19)11-2-4-13(20)5-3-11/h2-9H,1H3. The maximum atomic E-state index is 14.5. The highest BCUT2D eigenvalue weighted by molar-refractivity contribution is 5.69. The van der Waals surface area contributed by atoms with Crippen molar-refractivity contribution in [3.8, 4) is 34.1 Å². The summed E-state index contributed by atoms with van der Waals surface area (Å²) in [5.41, 5.74) is 1.26. The first-order valence-corrected chi connectivity index (χ1v) is 7.89. The summed E-state index contributed by atoms with van der Waals surface area (Å²) in [7, 11) is 0. The second kappa shape index (κ2) is 6.64. The second-order valence-corrected chi connectivity index (χ2v) is 5.78. The molecule has 5 nitrogen and oxygen atoms in total. The quantitative estimate of drug-likeness (QED) is 0.529. The van der Waals surface area contributed by atoms with Gasteiger partial charge in [0.05, 0.1) is 11.9 Å². The minimum absolute atomic E-state index is 0.0584. The lowest BCUT2D eigenvalue weighted by atomic mass is 10.1. The molecule has 0 saturated carbocycles. The van der Waals surface area contributed by atoms with Gasteiger partial charge in [0.15, 0.2) is 5.82 Å². The van der Waals surface area contributed by atoms with Crippen molar-refractivity contribution >= 4 is 0 Å². The summed E-state index contributed by atoms with van der Waals surface area (Å²) in [4.78, 5) is 12.1. The van der Waals surface area contributed by atoms with Gasteiger partial charge in [0, 0.05) is 22.9 Å². The molecule has 0 radical (unpaired) electrons. The first-order valence-electron chi connectivity index (χ1n) is 7.89. The van der Waals surface area contributed by atoms with Crippen LogP contribution in [0.4, 0.5) is 13.2 Å². The molecule has 8 heteroatoms. The summed E-state index contributed by atoms with van der Waals surface area (Å²) in [5.74, 6) is -1.26. The highest BCUT2D eigenvalue weighted by Gasteiger charge is 2.18. The van der Waals surface area contributed by atoms with Crippen LogP contribution in [0.1, 0.15) is 5.69 Å². The summed E-state index contributed by atoms with van der Waals surface area (Å²) < 4.78 is 46.2. The molecule has 3 heterocycles. The monoisotopic (exact) mass is 368 g/mol. The van der Waals surface area contributed by atoms with Crippen LogP contribution in [0.25, 0.3) is 34.1 Å². The zero-order valence-corrected chi connectivity index (χ0v) is 13.9. The van der Waals surface area contributed by atoms with Gasteiger partial charge in [-0.15, -0.1) is 0 Å². The molecule has 1 aromatic carbocycles. The Labute approximate surface area is 151 Å². The third kappa shape index (κ3) is 3.29. The summed E-state index contributed by atoms with van der Waals surface area (Å²) in [5, 5.41) is 3.85. The van der Waals surface area contributed by atoms with Crippen molar-refractivity contribution in [3.05, 3.63) is 71.9 Å². The van der Waals surface area contributed by atoms with Crippen molar-refractivity contribution < 1.29 is 17.7 Å². The van der Waals surface area contributed by atoms with Crippen LogP contribution >= 0.6 is 0 Å². The lowest BCUT2D eigenvalue weighted by Gasteiger charge is -2.07. The van der Waals surface area contributed by atoms with Gasteiger partial charge in [-0.2, -0.15) is 4.98 Å². The predicted molar refractivity (Wildman–Crippen MR) is 90.8 cm³/mol. The van der Waals surface area contributed by atoms with E-state index < -0.39 is 11.6 Å². The van der Waals surface area contributed by atoms with Crippen molar-refractivity contribution in [1.82, 2.24) is 20.1 Å². The number of hydrogen-bond donors (Lipinski definition) is 0. The highest BCUT2D eigenvalue weighted by atomic mass is 19.1. The van der Waals surface area contributed by atoms with Crippen LogP contribution in [-0.2, 0) is 0 Å². The molecule has 0 bridgehead atoms. The first-order chi connectivity index (χ1) is 13.0. The number of aromatic nitrogens is 4. The number of aryl methyl sites for hydroxylation is 1. The fourth-order valence-electron chi connectivity index (χ4n) is 2.58. The van der Waals surface area contributed by atoms with Crippen LogP contribution in [0.3, 0.4) is 0 Å². The van der Waals surface area contributed by atoms with E-state index in [1.165, 1.54) is 49.5 Å². The SMILES string of the molecule is Cc1nc(-c2nc(-c3ccc(F)cc3)no2)cc(-c2cncc(F)c2)c1F. The van der Waals surface area contributed by atoms with Crippen molar-refractivity contribution in [1.29, 1.82) is 0 Å². The molecule has 0 fully saturated rings. The van der Waals surface area contributed by atoms with Gasteiger partial charge in [-0.25, -0.2) is 18.2 Å². The normalized spacial score (nSPS) is 11.0. The molecule has 0 aliphatic carbocycles. The maximum Gasteiger partial charge on any atom is 0.276 e. The molecule has 0 amide bonds. The van der Waals surface area contributed by atoms with Crippen LogP contribution in [0, 0.1) is 24.4 Å². The molecule has 0 aliphatic rings. The van der Waals surface area contributed by atoms with E-state index in [0.717, 1.165) is 6.20 Å². The van der Waals surface area contributed by atoms with Crippen molar-refractivity contribution in [3.63, 3.8) is 0 Å². The van der Waals surface area contributed by atoms with E-state index in [1.54, 1.807) is 0 Å². The smallest absolute Gasteiger partial charge is 0.276 e. The third-order valence-electron chi connectivity index (χ3n) is 3.89. The molecule has 3 aromatic heterocycles. The van der Waals surface area contributed by atoms with E-state index in [0.29, 0.717) is 5.56 Å². The Morgan fingerprint density at radius 1 is 0.852 bits per heavy atom. The van der Waals surface area contributed by atoms with Gasteiger partial charge >= 0.3 is 0 Å². The Morgan fingerprint density at radius 3 is 2.37 bits per heavy atom. The molecular formula is C19H11F3N4O. The zero-order chi connectivity index (χ0) is 19.0. The van der Waals surface area contributed by atoms with Gasteiger partial charge in [-0.05, 0) is 43.3 Å². The van der Waals surface area contributed by atoms with Crippen molar-refractivity contribution in [2.24, 2.45) is 0 Å². The number of halogens is 3. The average Bonchev–Trinajstić information content (AvgIpc) is 3.14. The topological polar surface area (TPSA) is 64.7 Å². The summed E-state index contributed by atoms with van der Waals surface area (Å²) in [6, 6.07) is 8.14. The van der Waals surface area contributed by atoms with Gasteiger partial charge < -0.3 is 4.52 Å². The molecule has 4 aromatic rings. The Hall–Kier alpha value is -3.55. The summed E-state index contributed by atoms with van der Waals surface area (Å²) in [6.45, 7) is 1.48. The molecule has 27 heavy (non-hydrogen) atoms. The molecule has 0 saturated heterocycles. The van der Waals surface area contributed by atoms with E-state index in [9.17, 15) is 13.2 Å². The first kappa shape index (κ1) is 16.9. The number of nitrogens with zero attached hydrogens (tertiary/aromatic N) is 4. The summed E-state index contributed by atoms with van der Waals surface area (Å²) in [6.07, 6.45) is 2.38. The van der Waals surface area contributed by atoms with Gasteiger partial charge in [0.2, 0.25) is 5.82 Å². The van der Waals surface area contributed by atoms with Crippen LogP contribution in [0.2, 0.25) is 0 Å². The number of benzene rings is 1. The lowest BCUT2D eigenvalue weighted by molar-refractivity contribution is 0.430. The lowest BCUT2D eigenvalue weighted by Crippen LogP contribution is -1.97. The van der Waals surface area contributed by atoms with Crippen LogP contribution in [0.15, 0.2) is 53.3 Å². The predicted octanol–water partition coefficient (Wildman–Crippen LogP) is 4.59. The van der Waals surface area contributed by atoms with Crippen molar-refractivity contribution in [2.75, 3.05) is 0 Å². The van der Waals surface area contributed by atoms with Crippen LogP contribution in [0.5, 0.6) is 0 Å². The number of rotatable bonds is 3. The van der Waals surface area contributed by atoms with Gasteiger partial charge in [0.25, 0.3) is 5.89 Å². The Kier molecular flexibility index (Phi) is 4.15. The van der Waals surface area contributed by atoms with E-state index in [4.69, 9.17) is 4.52 Å². The minimum atomic E-state index is -0.593. The van der Waals surface area contributed by atoms with E-state index >= 15 is 0 Å². The molecule has 0 N–H and O–H groups in total. The molecule has 0 unspecified atom stereocenters. The molecular weight excluding hydrogens is 357 g/mol. The van der Waals surface area contributed by atoms with Crippen LogP contribution < -0.4 is 0 Å². The third-order valence-corrected chi connectivity index (χ3v) is 3.89. The molecule has 134 valence electrons. The van der Waals surface area contributed by atoms with Crippen LogP contribution in [-0.4, -0.2) is 20.1 Å². The highest BCUT2D eigenvalue weighted by Crippen LogP contribution is 2.29. The Bertz CT molecular complexity index is 1130. The van der Waals surface area contributed by atoms with E-state index in [2.05, 4.69) is 20.1 Å². The van der Waals surface area contributed by atoms with E-state index in [-0.39, 0.29) is 40.0 Å². The Balaban J connectivity index is 1.78. The van der Waals surface area contributed by atoms with Gasteiger partial charge in [-0.3, -0.25) is 4.98 Å². The number of hydrogen-bond acceptors (Lipinski definition) is 5.